The van der Waals surface area contributed by atoms with Crippen molar-refractivity contribution in [3.63, 3.8) is 0 Å². The molecule has 5 nitrogen and oxygen atoms in total. The van der Waals surface area contributed by atoms with Gasteiger partial charge in [-0.15, -0.1) is 0 Å². The van der Waals surface area contributed by atoms with Crippen LogP contribution in [-0.2, 0) is 6.54 Å². The largest absolute Gasteiger partial charge is 0.490 e. The van der Waals surface area contributed by atoms with Crippen molar-refractivity contribution < 1.29 is 4.74 Å². The summed E-state index contributed by atoms with van der Waals surface area (Å²) < 4.78 is 6.10. The van der Waals surface area contributed by atoms with E-state index in [9.17, 15) is 9.59 Å². The summed E-state index contributed by atoms with van der Waals surface area (Å²) in [6.45, 7) is 2.31. The highest BCUT2D eigenvalue weighted by atomic mass is 16.5. The van der Waals surface area contributed by atoms with Crippen LogP contribution in [0, 0.1) is 0 Å². The number of nitrogens with one attached hydrogen (secondary N) is 1. The van der Waals surface area contributed by atoms with Gasteiger partial charge in [-0.1, -0.05) is 0 Å². The van der Waals surface area contributed by atoms with Crippen molar-refractivity contribution in [2.45, 2.75) is 13.5 Å². The lowest BCUT2D eigenvalue weighted by Gasteiger charge is -2.02. The Labute approximate surface area is 68.6 Å². The van der Waals surface area contributed by atoms with Crippen LogP contribution in [-0.4, -0.2) is 16.7 Å². The smallest absolute Gasteiger partial charge is 0.328 e. The van der Waals surface area contributed by atoms with Gasteiger partial charge >= 0.3 is 5.69 Å². The molecule has 1 N–H and O–H groups in total. The van der Waals surface area contributed by atoms with Crippen LogP contribution >= 0.6 is 0 Å². The van der Waals surface area contributed by atoms with E-state index in [0.717, 1.165) is 0 Å². The van der Waals surface area contributed by atoms with Gasteiger partial charge in [0.05, 0.1) is 13.3 Å². The van der Waals surface area contributed by atoms with Crippen molar-refractivity contribution >= 4 is 0 Å². The maximum Gasteiger partial charge on any atom is 0.328 e. The molecule has 0 atom stereocenters. The molecular weight excluding hydrogens is 160 g/mol. The molecule has 0 aliphatic carbocycles. The number of aromatic nitrogens is 2. The lowest BCUT2D eigenvalue weighted by atomic mass is 10.5. The normalized spacial score (nSPS) is 9.83. The Kier molecular flexibility index (Phi) is 2.32. The van der Waals surface area contributed by atoms with E-state index in [0.29, 0.717) is 6.54 Å². The zero-order valence-corrected chi connectivity index (χ0v) is 6.96. The maximum atomic E-state index is 11.0. The first-order chi connectivity index (χ1) is 5.69. The molecule has 0 saturated carbocycles. The van der Waals surface area contributed by atoms with Gasteiger partial charge in [0.1, 0.15) is 0 Å². The highest BCUT2D eigenvalue weighted by Crippen LogP contribution is 1.95. The van der Waals surface area contributed by atoms with Crippen LogP contribution in [0.1, 0.15) is 6.92 Å². The number of H-pyrrole nitrogens is 1. The van der Waals surface area contributed by atoms with Gasteiger partial charge in [-0.2, -0.15) is 0 Å². The summed E-state index contributed by atoms with van der Waals surface area (Å²) >= 11 is 0. The van der Waals surface area contributed by atoms with Gasteiger partial charge < -0.3 is 4.74 Å². The third-order valence-electron chi connectivity index (χ3n) is 1.54. The van der Waals surface area contributed by atoms with E-state index in [1.54, 1.807) is 6.92 Å². The fourth-order valence-electron chi connectivity index (χ4n) is 0.870. The van der Waals surface area contributed by atoms with Crippen LogP contribution in [0.15, 0.2) is 15.8 Å². The Balaban J connectivity index is 3.38. The molecule has 1 rings (SSSR count). The van der Waals surface area contributed by atoms with E-state index in [1.807, 2.05) is 0 Å². The first-order valence-corrected chi connectivity index (χ1v) is 3.56. The molecule has 1 aromatic rings. The second-order valence-corrected chi connectivity index (χ2v) is 2.24. The summed E-state index contributed by atoms with van der Waals surface area (Å²) in [6, 6.07) is 0. The van der Waals surface area contributed by atoms with Gasteiger partial charge in [0.25, 0.3) is 5.56 Å². The van der Waals surface area contributed by atoms with Crippen LogP contribution in [0.3, 0.4) is 0 Å². The van der Waals surface area contributed by atoms with Crippen molar-refractivity contribution in [3.8, 4) is 5.75 Å². The summed E-state index contributed by atoms with van der Waals surface area (Å²) in [5.41, 5.74) is -0.907. The number of rotatable bonds is 2. The van der Waals surface area contributed by atoms with E-state index in [-0.39, 0.29) is 5.75 Å². The van der Waals surface area contributed by atoms with Crippen LogP contribution in [0.2, 0.25) is 0 Å². The molecule has 0 spiro atoms. The highest BCUT2D eigenvalue weighted by molar-refractivity contribution is 5.11. The second kappa shape index (κ2) is 3.25. The molecule has 0 aromatic carbocycles. The standard InChI is InChI=1S/C7H10N2O3/c1-3-9-4-5(12-2)6(10)8-7(9)11/h4H,3H2,1-2H3,(H,8,10,11). The summed E-state index contributed by atoms with van der Waals surface area (Å²) in [5.74, 6) is 0.149. The summed E-state index contributed by atoms with van der Waals surface area (Å²) in [6.07, 6.45) is 1.39. The van der Waals surface area contributed by atoms with Gasteiger partial charge in [0.15, 0.2) is 0 Å². The summed E-state index contributed by atoms with van der Waals surface area (Å²) in [4.78, 5) is 24.1. The van der Waals surface area contributed by atoms with E-state index >= 15 is 0 Å². The molecule has 1 aromatic heterocycles. The van der Waals surface area contributed by atoms with E-state index in [4.69, 9.17) is 4.74 Å². The first-order valence-electron chi connectivity index (χ1n) is 3.56. The van der Waals surface area contributed by atoms with Crippen molar-refractivity contribution in [3.05, 3.63) is 27.0 Å². The Bertz CT molecular complexity index is 344. The monoisotopic (exact) mass is 170 g/mol. The van der Waals surface area contributed by atoms with E-state index < -0.39 is 11.2 Å². The topological polar surface area (TPSA) is 64.1 Å². The third-order valence-corrected chi connectivity index (χ3v) is 1.54. The Morgan fingerprint density at radius 1 is 1.58 bits per heavy atom. The van der Waals surface area contributed by atoms with Gasteiger partial charge in [0, 0.05) is 6.54 Å². The number of aromatic amines is 1. The fraction of sp³-hybridized carbons (Fsp3) is 0.429. The Hall–Kier alpha value is -1.52. The molecule has 0 radical (unpaired) electrons. The molecule has 1 heterocycles. The van der Waals surface area contributed by atoms with Gasteiger partial charge in [0.2, 0.25) is 5.75 Å². The summed E-state index contributed by atoms with van der Waals surface area (Å²) in [7, 11) is 1.38. The van der Waals surface area contributed by atoms with Crippen molar-refractivity contribution in [2.24, 2.45) is 0 Å². The average molecular weight is 170 g/mol. The van der Waals surface area contributed by atoms with Gasteiger partial charge in [-0.05, 0) is 6.92 Å². The van der Waals surface area contributed by atoms with Crippen LogP contribution in [0.25, 0.3) is 0 Å². The van der Waals surface area contributed by atoms with Crippen LogP contribution in [0.5, 0.6) is 5.75 Å². The molecule has 0 bridgehead atoms. The molecule has 0 amide bonds. The lowest BCUT2D eigenvalue weighted by molar-refractivity contribution is 0.400. The van der Waals surface area contributed by atoms with E-state index in [2.05, 4.69) is 4.98 Å². The number of methoxy groups -OCH3 is 1. The molecule has 0 aliphatic rings. The maximum absolute atomic E-state index is 11.0. The van der Waals surface area contributed by atoms with Crippen LogP contribution < -0.4 is 16.0 Å². The third kappa shape index (κ3) is 1.39. The molecule has 0 aliphatic heterocycles. The quantitative estimate of drug-likeness (QED) is 0.654. The Morgan fingerprint density at radius 2 is 2.25 bits per heavy atom. The lowest BCUT2D eigenvalue weighted by Crippen LogP contribution is -2.29. The molecule has 0 unspecified atom stereocenters. The van der Waals surface area contributed by atoms with Gasteiger partial charge in [-0.3, -0.25) is 14.3 Å². The zero-order valence-electron chi connectivity index (χ0n) is 6.96. The first kappa shape index (κ1) is 8.58. The number of nitrogens with zero attached hydrogens (tertiary/aromatic N) is 1. The predicted octanol–water partition coefficient (Wildman–Crippen LogP) is -0.435. The van der Waals surface area contributed by atoms with E-state index in [1.165, 1.54) is 17.9 Å². The molecule has 5 heteroatoms. The predicted molar refractivity (Wildman–Crippen MR) is 43.5 cm³/mol. The van der Waals surface area contributed by atoms with Crippen molar-refractivity contribution in [1.29, 1.82) is 0 Å². The number of hydrogen-bond donors (Lipinski definition) is 1. The summed E-state index contributed by atoms with van der Waals surface area (Å²) in [5, 5.41) is 0. The molecule has 0 saturated heterocycles. The molecule has 0 fully saturated rings. The van der Waals surface area contributed by atoms with Gasteiger partial charge in [-0.25, -0.2) is 4.79 Å². The molecule has 66 valence electrons. The fourth-order valence-corrected chi connectivity index (χ4v) is 0.870. The number of hydrogen-bond acceptors (Lipinski definition) is 3. The zero-order chi connectivity index (χ0) is 9.14. The second-order valence-electron chi connectivity index (χ2n) is 2.24. The SMILES string of the molecule is CCn1cc(OC)c(=O)[nH]c1=O. The minimum absolute atomic E-state index is 0.149. The minimum Gasteiger partial charge on any atom is -0.490 e. The Morgan fingerprint density at radius 3 is 2.75 bits per heavy atom. The van der Waals surface area contributed by atoms with Crippen molar-refractivity contribution in [2.75, 3.05) is 7.11 Å². The van der Waals surface area contributed by atoms with Crippen LogP contribution in [0.4, 0.5) is 0 Å². The molecular formula is C7H10N2O3. The number of ether oxygens (including phenoxy) is 1. The van der Waals surface area contributed by atoms with Crippen molar-refractivity contribution in [1.82, 2.24) is 9.55 Å². The number of aryl methyl sites for hydroxylation is 1. The highest BCUT2D eigenvalue weighted by Gasteiger charge is 2.01. The molecule has 12 heavy (non-hydrogen) atoms. The minimum atomic E-state index is -0.493. The average Bonchev–Trinajstić information content (AvgIpc) is 2.05.